The van der Waals surface area contributed by atoms with E-state index in [4.69, 9.17) is 5.73 Å². The zero-order valence-corrected chi connectivity index (χ0v) is 9.67. The number of amides is 1. The Morgan fingerprint density at radius 3 is 3.07 bits per heavy atom. The fourth-order valence-corrected chi connectivity index (χ4v) is 1.23. The van der Waals surface area contributed by atoms with Gasteiger partial charge >= 0.3 is 0 Å². The van der Waals surface area contributed by atoms with Gasteiger partial charge in [0, 0.05) is 23.7 Å². The van der Waals surface area contributed by atoms with Crippen molar-refractivity contribution in [2.24, 2.45) is 0 Å². The fraction of sp³-hybridized carbons (Fsp3) is 0.400. The van der Waals surface area contributed by atoms with Gasteiger partial charge in [-0.1, -0.05) is 6.92 Å². The zero-order valence-electron chi connectivity index (χ0n) is 8.86. The van der Waals surface area contributed by atoms with Crippen LogP contribution in [0.15, 0.2) is 18.3 Å². The van der Waals surface area contributed by atoms with E-state index in [1.807, 2.05) is 6.26 Å². The normalized spacial score (nSPS) is 12.1. The molecule has 0 bridgehead atoms. The maximum Gasteiger partial charge on any atom is 0.269 e. The highest BCUT2D eigenvalue weighted by atomic mass is 32.2. The van der Waals surface area contributed by atoms with Gasteiger partial charge in [-0.05, 0) is 18.4 Å². The van der Waals surface area contributed by atoms with Crippen LogP contribution in [0.4, 0.5) is 5.69 Å². The van der Waals surface area contributed by atoms with Gasteiger partial charge in [0.25, 0.3) is 5.91 Å². The molecule has 0 fully saturated rings. The number of carbonyl (C=O) groups is 1. The van der Waals surface area contributed by atoms with Crippen molar-refractivity contribution in [1.82, 2.24) is 10.3 Å². The smallest absolute Gasteiger partial charge is 0.269 e. The molecule has 0 spiro atoms. The lowest BCUT2D eigenvalue weighted by Gasteiger charge is -2.09. The summed E-state index contributed by atoms with van der Waals surface area (Å²) in [7, 11) is 0. The van der Waals surface area contributed by atoms with Gasteiger partial charge in [0.05, 0.1) is 0 Å². The predicted octanol–water partition coefficient (Wildman–Crippen LogP) is 1.15. The number of pyridine rings is 1. The van der Waals surface area contributed by atoms with E-state index in [2.05, 4.69) is 17.2 Å². The van der Waals surface area contributed by atoms with Crippen LogP contribution >= 0.6 is 11.8 Å². The van der Waals surface area contributed by atoms with Gasteiger partial charge < -0.3 is 11.1 Å². The predicted molar refractivity (Wildman–Crippen MR) is 64.0 cm³/mol. The molecular weight excluding hydrogens is 210 g/mol. The second kappa shape index (κ2) is 5.60. The summed E-state index contributed by atoms with van der Waals surface area (Å²) < 4.78 is 0. The molecule has 3 N–H and O–H groups in total. The summed E-state index contributed by atoms with van der Waals surface area (Å²) in [6.07, 6.45) is 3.54. The molecule has 1 atom stereocenters. The summed E-state index contributed by atoms with van der Waals surface area (Å²) in [4.78, 5) is 15.5. The molecule has 1 aromatic heterocycles. The highest BCUT2D eigenvalue weighted by Gasteiger charge is 2.08. The van der Waals surface area contributed by atoms with Crippen LogP contribution in [0, 0.1) is 0 Å². The first kappa shape index (κ1) is 11.8. The molecule has 0 aliphatic heterocycles. The molecular formula is C10H15N3OS. The minimum absolute atomic E-state index is 0.178. The van der Waals surface area contributed by atoms with Crippen molar-refractivity contribution in [2.75, 3.05) is 18.5 Å². The van der Waals surface area contributed by atoms with Crippen molar-refractivity contribution in [2.45, 2.75) is 12.2 Å². The number of carbonyl (C=O) groups excluding carboxylic acids is 1. The monoisotopic (exact) mass is 225 g/mol. The summed E-state index contributed by atoms with van der Waals surface area (Å²) >= 11 is 1.71. The highest BCUT2D eigenvalue weighted by Crippen LogP contribution is 2.05. The molecule has 0 aromatic carbocycles. The summed E-state index contributed by atoms with van der Waals surface area (Å²) in [6.45, 7) is 2.69. The summed E-state index contributed by atoms with van der Waals surface area (Å²) in [5, 5.41) is 3.20. The van der Waals surface area contributed by atoms with Crippen LogP contribution in [0.5, 0.6) is 0 Å². The lowest BCUT2D eigenvalue weighted by Crippen LogP contribution is -2.29. The van der Waals surface area contributed by atoms with Crippen molar-refractivity contribution in [3.05, 3.63) is 24.0 Å². The molecule has 1 unspecified atom stereocenters. The van der Waals surface area contributed by atoms with Crippen LogP contribution in [0.25, 0.3) is 0 Å². The van der Waals surface area contributed by atoms with E-state index < -0.39 is 0 Å². The molecule has 5 heteroatoms. The molecule has 1 rings (SSSR count). The third-order valence-electron chi connectivity index (χ3n) is 1.97. The summed E-state index contributed by atoms with van der Waals surface area (Å²) in [5.74, 6) is -0.178. The Morgan fingerprint density at radius 1 is 1.73 bits per heavy atom. The summed E-state index contributed by atoms with van der Waals surface area (Å²) in [5.41, 5.74) is 6.47. The minimum Gasteiger partial charge on any atom is -0.399 e. The Morgan fingerprint density at radius 2 is 2.47 bits per heavy atom. The number of nitrogens with one attached hydrogen (secondary N) is 1. The zero-order chi connectivity index (χ0) is 11.3. The largest absolute Gasteiger partial charge is 0.399 e. The third-order valence-corrected chi connectivity index (χ3v) is 2.94. The first-order chi connectivity index (χ1) is 7.13. The van der Waals surface area contributed by atoms with E-state index >= 15 is 0 Å². The van der Waals surface area contributed by atoms with Crippen molar-refractivity contribution < 1.29 is 4.79 Å². The van der Waals surface area contributed by atoms with E-state index in [0.29, 0.717) is 23.2 Å². The molecule has 0 saturated carbocycles. The number of nitrogen functional groups attached to an aromatic ring is 1. The van der Waals surface area contributed by atoms with Crippen LogP contribution in [0.1, 0.15) is 17.4 Å². The van der Waals surface area contributed by atoms with Gasteiger partial charge in [0.15, 0.2) is 0 Å². The fourth-order valence-electron chi connectivity index (χ4n) is 0.981. The van der Waals surface area contributed by atoms with Gasteiger partial charge in [-0.2, -0.15) is 11.8 Å². The van der Waals surface area contributed by atoms with Crippen LogP contribution in [0.3, 0.4) is 0 Å². The van der Waals surface area contributed by atoms with Gasteiger partial charge in [0.2, 0.25) is 0 Å². The van der Waals surface area contributed by atoms with Gasteiger partial charge in [-0.25, -0.2) is 0 Å². The number of hydrogen-bond acceptors (Lipinski definition) is 4. The lowest BCUT2D eigenvalue weighted by molar-refractivity contribution is 0.0949. The Hall–Kier alpha value is -1.23. The van der Waals surface area contributed by atoms with Gasteiger partial charge in [-0.15, -0.1) is 0 Å². The Labute approximate surface area is 93.7 Å². The molecule has 0 saturated heterocycles. The van der Waals surface area contributed by atoms with Gasteiger partial charge in [0.1, 0.15) is 5.69 Å². The Bertz CT molecular complexity index is 343. The number of aromatic nitrogens is 1. The number of thioether (sulfide) groups is 1. The molecule has 0 aliphatic rings. The number of nitrogens with two attached hydrogens (primary N) is 1. The molecule has 1 aromatic rings. The van der Waals surface area contributed by atoms with Crippen molar-refractivity contribution in [3.63, 3.8) is 0 Å². The lowest BCUT2D eigenvalue weighted by atomic mass is 10.3. The number of anilines is 1. The van der Waals surface area contributed by atoms with E-state index in [9.17, 15) is 4.79 Å². The Kier molecular flexibility index (Phi) is 4.42. The molecule has 4 nitrogen and oxygen atoms in total. The molecule has 0 radical (unpaired) electrons. The number of rotatable bonds is 4. The average molecular weight is 225 g/mol. The quantitative estimate of drug-likeness (QED) is 0.806. The molecule has 15 heavy (non-hydrogen) atoms. The van der Waals surface area contributed by atoms with E-state index in [1.165, 1.54) is 6.20 Å². The van der Waals surface area contributed by atoms with Crippen LogP contribution in [0.2, 0.25) is 0 Å². The van der Waals surface area contributed by atoms with Crippen LogP contribution in [-0.4, -0.2) is 28.9 Å². The average Bonchev–Trinajstić information content (AvgIpc) is 2.25. The minimum atomic E-state index is -0.178. The first-order valence-electron chi connectivity index (χ1n) is 4.66. The van der Waals surface area contributed by atoms with Gasteiger partial charge in [-0.3, -0.25) is 9.78 Å². The van der Waals surface area contributed by atoms with Crippen molar-refractivity contribution in [1.29, 1.82) is 0 Å². The Balaban J connectivity index is 2.54. The first-order valence-corrected chi connectivity index (χ1v) is 5.94. The van der Waals surface area contributed by atoms with E-state index in [0.717, 1.165) is 0 Å². The van der Waals surface area contributed by atoms with E-state index in [-0.39, 0.29) is 5.91 Å². The second-order valence-electron chi connectivity index (χ2n) is 3.23. The topological polar surface area (TPSA) is 68.0 Å². The maximum absolute atomic E-state index is 11.6. The van der Waals surface area contributed by atoms with Crippen molar-refractivity contribution >= 4 is 23.4 Å². The molecule has 0 aliphatic carbocycles. The van der Waals surface area contributed by atoms with E-state index in [1.54, 1.807) is 23.9 Å². The SMILES string of the molecule is CSC(C)CNC(=O)c1cc(N)ccn1. The van der Waals surface area contributed by atoms with Crippen LogP contribution in [-0.2, 0) is 0 Å². The standard InChI is InChI=1S/C10H15N3OS/c1-7(15-2)6-13-10(14)9-5-8(11)3-4-12-9/h3-5,7H,6H2,1-2H3,(H2,11,12)(H,13,14). The maximum atomic E-state index is 11.6. The van der Waals surface area contributed by atoms with Crippen LogP contribution < -0.4 is 11.1 Å². The number of hydrogen-bond donors (Lipinski definition) is 2. The second-order valence-corrected chi connectivity index (χ2v) is 4.51. The highest BCUT2D eigenvalue weighted by molar-refractivity contribution is 7.99. The molecule has 82 valence electrons. The third kappa shape index (κ3) is 3.79. The van der Waals surface area contributed by atoms with Crippen molar-refractivity contribution in [3.8, 4) is 0 Å². The summed E-state index contributed by atoms with van der Waals surface area (Å²) in [6, 6.07) is 3.22. The molecule has 1 amide bonds. The molecule has 1 heterocycles. The number of nitrogens with zero attached hydrogens (tertiary/aromatic N) is 1.